The van der Waals surface area contributed by atoms with Gasteiger partial charge in [-0.2, -0.15) is 0 Å². The van der Waals surface area contributed by atoms with Gasteiger partial charge < -0.3 is 10.2 Å². The number of benzene rings is 1. The van der Waals surface area contributed by atoms with Crippen LogP contribution in [0.15, 0.2) is 18.2 Å². The quantitative estimate of drug-likeness (QED) is 0.757. The van der Waals surface area contributed by atoms with Crippen molar-refractivity contribution in [1.29, 1.82) is 0 Å². The molecule has 4 amide bonds. The molecule has 1 aromatic carbocycles. The number of hydrogen-bond donors (Lipinski definition) is 2. The minimum Gasteiger partial charge on any atom is -0.336 e. The van der Waals surface area contributed by atoms with E-state index >= 15 is 0 Å². The Balaban J connectivity index is 1.42. The molecule has 1 aliphatic heterocycles. The molecule has 3 rings (SSSR count). The first-order chi connectivity index (χ1) is 14.3. The van der Waals surface area contributed by atoms with E-state index in [0.717, 1.165) is 25.3 Å². The molecule has 2 N–H and O–H groups in total. The number of carbonyl (C=O) groups excluding carboxylic acids is 3. The molecule has 1 saturated carbocycles. The van der Waals surface area contributed by atoms with Crippen LogP contribution in [0.25, 0.3) is 0 Å². The summed E-state index contributed by atoms with van der Waals surface area (Å²) >= 11 is 5.98. The highest BCUT2D eigenvalue weighted by atomic mass is 35.5. The van der Waals surface area contributed by atoms with Crippen molar-refractivity contribution in [2.45, 2.75) is 38.6 Å². The molecule has 2 aliphatic rings. The molecular weight excluding hydrogens is 411 g/mol. The SMILES string of the molecule is CC1CCCCC1NC(=O)NC(=O)CN1CCN(C(=O)c2ccc(F)cc2Cl)CC1. The minimum absolute atomic E-state index is 0.0834. The molecule has 0 aromatic heterocycles. The Morgan fingerprint density at radius 2 is 1.83 bits per heavy atom. The van der Waals surface area contributed by atoms with Gasteiger partial charge in [-0.15, -0.1) is 0 Å². The third-order valence-electron chi connectivity index (χ3n) is 5.87. The van der Waals surface area contributed by atoms with Crippen molar-refractivity contribution in [2.75, 3.05) is 32.7 Å². The Hall–Kier alpha value is -2.19. The second kappa shape index (κ2) is 10.2. The van der Waals surface area contributed by atoms with Gasteiger partial charge in [-0.25, -0.2) is 9.18 Å². The fourth-order valence-electron chi connectivity index (χ4n) is 4.05. The van der Waals surface area contributed by atoms with E-state index in [1.54, 1.807) is 4.90 Å². The van der Waals surface area contributed by atoms with Gasteiger partial charge in [0.15, 0.2) is 0 Å². The Kier molecular flexibility index (Phi) is 7.66. The largest absolute Gasteiger partial charge is 0.336 e. The van der Waals surface area contributed by atoms with Gasteiger partial charge in [-0.1, -0.05) is 31.4 Å². The number of piperazine rings is 1. The number of rotatable bonds is 4. The van der Waals surface area contributed by atoms with Crippen molar-refractivity contribution >= 4 is 29.4 Å². The lowest BCUT2D eigenvalue weighted by molar-refractivity contribution is -0.121. The smallest absolute Gasteiger partial charge is 0.321 e. The second-order valence-corrected chi connectivity index (χ2v) is 8.49. The summed E-state index contributed by atoms with van der Waals surface area (Å²) in [6.07, 6.45) is 4.30. The first kappa shape index (κ1) is 22.5. The van der Waals surface area contributed by atoms with Gasteiger partial charge >= 0.3 is 6.03 Å². The predicted molar refractivity (Wildman–Crippen MR) is 112 cm³/mol. The van der Waals surface area contributed by atoms with Crippen LogP contribution in [-0.4, -0.2) is 66.4 Å². The first-order valence-electron chi connectivity index (χ1n) is 10.4. The van der Waals surface area contributed by atoms with Crippen LogP contribution in [0.2, 0.25) is 5.02 Å². The molecular formula is C21H28ClFN4O3. The minimum atomic E-state index is -0.491. The summed E-state index contributed by atoms with van der Waals surface area (Å²) in [6.45, 7) is 4.05. The Bertz CT molecular complexity index is 798. The number of amides is 4. The molecule has 2 unspecified atom stereocenters. The number of nitrogens with one attached hydrogen (secondary N) is 2. The third kappa shape index (κ3) is 5.92. The number of urea groups is 1. The lowest BCUT2D eigenvalue weighted by atomic mass is 9.86. The summed E-state index contributed by atoms with van der Waals surface area (Å²) in [5, 5.41) is 5.39. The number of imide groups is 1. The molecule has 1 aromatic rings. The monoisotopic (exact) mass is 438 g/mol. The summed E-state index contributed by atoms with van der Waals surface area (Å²) in [5.74, 6) is -0.698. The van der Waals surface area contributed by atoms with Crippen LogP contribution < -0.4 is 10.6 Å². The molecule has 1 aliphatic carbocycles. The number of halogens is 2. The number of carbonyl (C=O) groups is 3. The predicted octanol–water partition coefficient (Wildman–Crippen LogP) is 2.64. The maximum Gasteiger partial charge on any atom is 0.321 e. The molecule has 0 radical (unpaired) electrons. The average molecular weight is 439 g/mol. The van der Waals surface area contributed by atoms with Crippen molar-refractivity contribution in [3.63, 3.8) is 0 Å². The molecule has 0 spiro atoms. The average Bonchev–Trinajstić information content (AvgIpc) is 2.70. The summed E-state index contributed by atoms with van der Waals surface area (Å²) in [7, 11) is 0. The van der Waals surface area contributed by atoms with Gasteiger partial charge in [-0.05, 0) is 37.0 Å². The van der Waals surface area contributed by atoms with E-state index in [0.29, 0.717) is 32.1 Å². The molecule has 1 heterocycles. The van der Waals surface area contributed by atoms with Crippen LogP contribution in [0.5, 0.6) is 0 Å². The fourth-order valence-corrected chi connectivity index (χ4v) is 4.29. The van der Waals surface area contributed by atoms with Crippen LogP contribution in [0.1, 0.15) is 43.0 Å². The molecule has 0 bridgehead atoms. The van der Waals surface area contributed by atoms with Crippen molar-refractivity contribution in [3.05, 3.63) is 34.6 Å². The van der Waals surface area contributed by atoms with Gasteiger partial charge in [0.1, 0.15) is 5.82 Å². The van der Waals surface area contributed by atoms with Gasteiger partial charge in [0.05, 0.1) is 17.1 Å². The number of hydrogen-bond acceptors (Lipinski definition) is 4. The van der Waals surface area contributed by atoms with Gasteiger partial charge in [0, 0.05) is 32.2 Å². The molecule has 2 atom stereocenters. The van der Waals surface area contributed by atoms with E-state index in [1.165, 1.54) is 18.6 Å². The van der Waals surface area contributed by atoms with E-state index < -0.39 is 11.8 Å². The zero-order valence-electron chi connectivity index (χ0n) is 17.1. The highest BCUT2D eigenvalue weighted by Gasteiger charge is 2.26. The van der Waals surface area contributed by atoms with Crippen molar-refractivity contribution in [1.82, 2.24) is 20.4 Å². The summed E-state index contributed by atoms with van der Waals surface area (Å²) in [4.78, 5) is 40.4. The molecule has 7 nitrogen and oxygen atoms in total. The molecule has 2 fully saturated rings. The Labute approximate surface area is 180 Å². The second-order valence-electron chi connectivity index (χ2n) is 8.08. The zero-order chi connectivity index (χ0) is 21.7. The van der Waals surface area contributed by atoms with Gasteiger partial charge in [-0.3, -0.25) is 19.8 Å². The summed E-state index contributed by atoms with van der Waals surface area (Å²) in [6, 6.07) is 3.37. The van der Waals surface area contributed by atoms with Crippen LogP contribution >= 0.6 is 11.6 Å². The standard InChI is InChI=1S/C21H28ClFN4O3/c1-14-4-2-3-5-18(14)24-21(30)25-19(28)13-26-8-10-27(11-9-26)20(29)16-7-6-15(23)12-17(16)22/h6-7,12,14,18H,2-5,8-11,13H2,1H3,(H2,24,25,28,30). The molecule has 30 heavy (non-hydrogen) atoms. The molecule has 9 heteroatoms. The fraction of sp³-hybridized carbons (Fsp3) is 0.571. The van der Waals surface area contributed by atoms with Crippen molar-refractivity contribution < 1.29 is 18.8 Å². The lowest BCUT2D eigenvalue weighted by Crippen LogP contribution is -2.53. The van der Waals surface area contributed by atoms with E-state index in [2.05, 4.69) is 17.6 Å². The topological polar surface area (TPSA) is 81.8 Å². The lowest BCUT2D eigenvalue weighted by Gasteiger charge is -2.34. The summed E-state index contributed by atoms with van der Waals surface area (Å²) < 4.78 is 13.2. The third-order valence-corrected chi connectivity index (χ3v) is 6.18. The molecule has 164 valence electrons. The Morgan fingerprint density at radius 1 is 1.13 bits per heavy atom. The van der Waals surface area contributed by atoms with Crippen molar-refractivity contribution in [3.8, 4) is 0 Å². The van der Waals surface area contributed by atoms with E-state index in [1.807, 2.05) is 4.90 Å². The van der Waals surface area contributed by atoms with E-state index in [-0.39, 0.29) is 35.0 Å². The Morgan fingerprint density at radius 3 is 2.50 bits per heavy atom. The highest BCUT2D eigenvalue weighted by Crippen LogP contribution is 2.23. The van der Waals surface area contributed by atoms with E-state index in [9.17, 15) is 18.8 Å². The number of nitrogens with zero attached hydrogens (tertiary/aromatic N) is 2. The molecule has 1 saturated heterocycles. The first-order valence-corrected chi connectivity index (χ1v) is 10.8. The normalized spacial score (nSPS) is 22.4. The van der Waals surface area contributed by atoms with Crippen LogP contribution in [0, 0.1) is 11.7 Å². The van der Waals surface area contributed by atoms with Gasteiger partial charge in [0.25, 0.3) is 5.91 Å². The maximum atomic E-state index is 13.2. The van der Waals surface area contributed by atoms with E-state index in [4.69, 9.17) is 11.6 Å². The zero-order valence-corrected chi connectivity index (χ0v) is 17.9. The maximum absolute atomic E-state index is 13.2. The van der Waals surface area contributed by atoms with Crippen molar-refractivity contribution in [2.24, 2.45) is 5.92 Å². The van der Waals surface area contributed by atoms with Crippen LogP contribution in [0.4, 0.5) is 9.18 Å². The van der Waals surface area contributed by atoms with Gasteiger partial charge in [0.2, 0.25) is 5.91 Å². The highest BCUT2D eigenvalue weighted by molar-refractivity contribution is 6.33. The van der Waals surface area contributed by atoms with Crippen LogP contribution in [-0.2, 0) is 4.79 Å². The van der Waals surface area contributed by atoms with Crippen LogP contribution in [0.3, 0.4) is 0 Å². The summed E-state index contributed by atoms with van der Waals surface area (Å²) in [5.41, 5.74) is 0.262.